The topological polar surface area (TPSA) is 43.0 Å². The molecule has 4 nitrogen and oxygen atoms in total. The van der Waals surface area contributed by atoms with Gasteiger partial charge in [0.15, 0.2) is 11.6 Å². The molecule has 6 aromatic carbocycles. The second-order valence-corrected chi connectivity index (χ2v) is 21.3. The smallest absolute Gasteiger partial charge is 0.169 e. The minimum atomic E-state index is -0.332. The highest BCUT2D eigenvalue weighted by Gasteiger charge is 2.54. The minimum Gasteiger partial charge on any atom is -0.308 e. The summed E-state index contributed by atoms with van der Waals surface area (Å²) in [7, 11) is 0. The van der Waals surface area contributed by atoms with E-state index in [1.807, 2.05) is 0 Å². The number of fused-ring (bicyclic) bond motifs is 17. The number of hydrogen-bond donors (Lipinski definition) is 0. The lowest BCUT2D eigenvalue weighted by Crippen LogP contribution is -2.39. The lowest BCUT2D eigenvalue weighted by atomic mass is 9.60. The summed E-state index contributed by atoms with van der Waals surface area (Å²) in [6, 6.07) is 32.5. The number of ketones is 2. The van der Waals surface area contributed by atoms with Crippen molar-refractivity contribution in [2.75, 3.05) is 0 Å². The number of Topliss-reactive ketones (excluding diaryl/α,β-unsaturated/α-hetero) is 2. The molecular formula is C56H50N2O2. The van der Waals surface area contributed by atoms with Crippen LogP contribution in [-0.4, -0.2) is 20.4 Å². The molecule has 0 saturated heterocycles. The van der Waals surface area contributed by atoms with Gasteiger partial charge >= 0.3 is 0 Å². The molecular weight excluding hydrogens is 733 g/mol. The Labute approximate surface area is 349 Å². The Balaban J connectivity index is 1.25. The van der Waals surface area contributed by atoms with Crippen molar-refractivity contribution in [2.45, 2.75) is 104 Å². The first-order chi connectivity index (χ1) is 28.9. The number of carbonyl (C=O) groups is 2. The van der Waals surface area contributed by atoms with Gasteiger partial charge in [-0.1, -0.05) is 90.1 Å². The first-order valence-corrected chi connectivity index (χ1v) is 22.8. The Bertz CT molecular complexity index is 3630. The standard InChI is InChI=1S/C56H50N2O2/c1-29(2)55-20-16-53(5,17-21-55)40-24-35-36-26-45-47(34-12-9-10-31-14-15-33-32-11-7-8-13-42(32)57(45)49(33)46(31)34)48-39-25-41-38(52(60)56(30(3)4)22-18-54(41,6)19-23-56)28-44(39)58(50(36)48)43(35)27-37(40)51(55)59/h7-15,24-30H,16-23H2,1-6H3. The van der Waals surface area contributed by atoms with Crippen LogP contribution in [0.25, 0.3) is 87.0 Å². The molecule has 4 aromatic heterocycles. The number of carbonyl (C=O) groups excluding carboxylic acids is 2. The maximum absolute atomic E-state index is 15.2. The van der Waals surface area contributed by atoms with Gasteiger partial charge in [0.25, 0.3) is 0 Å². The van der Waals surface area contributed by atoms with Crippen LogP contribution < -0.4 is 0 Å². The monoisotopic (exact) mass is 782 g/mol. The zero-order valence-electron chi connectivity index (χ0n) is 35.6. The highest BCUT2D eigenvalue weighted by molar-refractivity contribution is 6.39. The number of para-hydroxylation sites is 1. The van der Waals surface area contributed by atoms with E-state index in [1.54, 1.807) is 0 Å². The van der Waals surface area contributed by atoms with Crippen LogP contribution in [0.3, 0.4) is 0 Å². The van der Waals surface area contributed by atoms with Crippen LogP contribution in [0.4, 0.5) is 0 Å². The number of aromatic nitrogens is 2. The molecule has 6 aliphatic rings. The summed E-state index contributed by atoms with van der Waals surface area (Å²) in [6.07, 6.45) is 7.94. The summed E-state index contributed by atoms with van der Waals surface area (Å²) in [5, 5.41) is 12.6. The fraction of sp³-hybridized carbons (Fsp3) is 0.357. The van der Waals surface area contributed by atoms with Crippen LogP contribution in [-0.2, 0) is 10.8 Å². The van der Waals surface area contributed by atoms with Crippen molar-refractivity contribution in [3.05, 3.63) is 107 Å². The molecule has 4 bridgehead atoms. The average Bonchev–Trinajstić information content (AvgIpc) is 3.81. The second kappa shape index (κ2) is 10.5. The van der Waals surface area contributed by atoms with Gasteiger partial charge in [-0.05, 0) is 132 Å². The Hall–Kier alpha value is -5.48. The summed E-state index contributed by atoms with van der Waals surface area (Å²) in [4.78, 5) is 30.4. The molecule has 6 aliphatic carbocycles. The largest absolute Gasteiger partial charge is 0.308 e. The molecule has 296 valence electrons. The zero-order chi connectivity index (χ0) is 40.6. The van der Waals surface area contributed by atoms with Gasteiger partial charge in [0.05, 0.1) is 33.1 Å². The molecule has 0 N–H and O–H groups in total. The van der Waals surface area contributed by atoms with Crippen molar-refractivity contribution in [1.29, 1.82) is 0 Å². The molecule has 10 aromatic rings. The Morgan fingerprint density at radius 3 is 1.63 bits per heavy atom. The van der Waals surface area contributed by atoms with Gasteiger partial charge < -0.3 is 8.80 Å². The Morgan fingerprint density at radius 1 is 0.450 bits per heavy atom. The first kappa shape index (κ1) is 34.3. The van der Waals surface area contributed by atoms with Crippen molar-refractivity contribution in [3.8, 4) is 0 Å². The molecule has 2 fully saturated rings. The highest BCUT2D eigenvalue weighted by atomic mass is 16.1. The molecule has 0 amide bonds. The zero-order valence-corrected chi connectivity index (χ0v) is 35.6. The third kappa shape index (κ3) is 3.61. The maximum Gasteiger partial charge on any atom is 0.169 e. The van der Waals surface area contributed by atoms with E-state index < -0.39 is 0 Å². The van der Waals surface area contributed by atoms with Crippen molar-refractivity contribution >= 4 is 98.5 Å². The average molecular weight is 783 g/mol. The Morgan fingerprint density at radius 2 is 1.00 bits per heavy atom. The number of rotatable bonds is 2. The van der Waals surface area contributed by atoms with Crippen molar-refractivity contribution in [2.24, 2.45) is 22.7 Å². The molecule has 2 saturated carbocycles. The second-order valence-electron chi connectivity index (χ2n) is 21.3. The van der Waals surface area contributed by atoms with Gasteiger partial charge in [0.2, 0.25) is 0 Å². The Kier molecular flexibility index (Phi) is 6.00. The lowest BCUT2D eigenvalue weighted by Gasteiger charge is -2.42. The predicted octanol–water partition coefficient (Wildman–Crippen LogP) is 14.5. The predicted molar refractivity (Wildman–Crippen MR) is 248 cm³/mol. The van der Waals surface area contributed by atoms with Crippen molar-refractivity contribution in [1.82, 2.24) is 8.80 Å². The van der Waals surface area contributed by atoms with Gasteiger partial charge in [-0.2, -0.15) is 0 Å². The quantitative estimate of drug-likeness (QED) is 0.129. The van der Waals surface area contributed by atoms with Crippen molar-refractivity contribution in [3.63, 3.8) is 0 Å². The minimum absolute atomic E-state index is 0.0530. The fourth-order valence-corrected chi connectivity index (χ4v) is 14.5. The van der Waals surface area contributed by atoms with E-state index >= 15 is 9.59 Å². The van der Waals surface area contributed by atoms with Gasteiger partial charge in [-0.15, -0.1) is 0 Å². The molecule has 60 heavy (non-hydrogen) atoms. The summed E-state index contributed by atoms with van der Waals surface area (Å²) < 4.78 is 5.06. The van der Waals surface area contributed by atoms with Gasteiger partial charge in [-0.3, -0.25) is 9.59 Å². The van der Waals surface area contributed by atoms with E-state index in [9.17, 15) is 0 Å². The maximum atomic E-state index is 15.2. The molecule has 0 radical (unpaired) electrons. The highest BCUT2D eigenvalue weighted by Crippen LogP contribution is 2.60. The summed E-state index contributed by atoms with van der Waals surface area (Å²) in [5.74, 6) is 1.24. The lowest BCUT2D eigenvalue weighted by molar-refractivity contribution is 0.0537. The number of benzene rings is 6. The summed E-state index contributed by atoms with van der Waals surface area (Å²) in [5.41, 5.74) is 10.7. The van der Waals surface area contributed by atoms with E-state index in [4.69, 9.17) is 0 Å². The number of pyridine rings is 1. The number of hydrogen-bond acceptors (Lipinski definition) is 2. The third-order valence-corrected chi connectivity index (χ3v) is 18.4. The van der Waals surface area contributed by atoms with Gasteiger partial charge in [0.1, 0.15) is 0 Å². The SMILES string of the molecule is CC(C)C12CCC(C)(CC1)c1cc3c4cc5c(c6cccc7ccc8c9ccccc9n5c8c76)c5c6cc7c(cc6n(c3cc1C2=O)c45)C(=O)C1(C(C)C)CCC7(C)CC1. The van der Waals surface area contributed by atoms with E-state index in [1.165, 1.54) is 87.1 Å². The normalized spacial score (nSPS) is 26.9. The van der Waals surface area contributed by atoms with Gasteiger partial charge in [0, 0.05) is 65.0 Å². The van der Waals surface area contributed by atoms with Crippen LogP contribution in [0, 0.1) is 22.7 Å². The van der Waals surface area contributed by atoms with Crippen LogP contribution >= 0.6 is 0 Å². The molecule has 4 heterocycles. The molecule has 0 unspecified atom stereocenters. The van der Waals surface area contributed by atoms with E-state index in [0.717, 1.165) is 73.5 Å². The molecule has 4 heteroatoms. The van der Waals surface area contributed by atoms with E-state index in [-0.39, 0.29) is 33.5 Å². The molecule has 16 rings (SSSR count). The van der Waals surface area contributed by atoms with E-state index in [2.05, 4.69) is 135 Å². The molecule has 0 spiro atoms. The summed E-state index contributed by atoms with van der Waals surface area (Å²) in [6.45, 7) is 13.9. The third-order valence-electron chi connectivity index (χ3n) is 18.4. The van der Waals surface area contributed by atoms with E-state index in [0.29, 0.717) is 11.6 Å². The number of nitrogens with zero attached hydrogens (tertiary/aromatic N) is 2. The van der Waals surface area contributed by atoms with Crippen LogP contribution in [0.5, 0.6) is 0 Å². The van der Waals surface area contributed by atoms with Crippen LogP contribution in [0.1, 0.15) is 125 Å². The molecule has 0 aliphatic heterocycles. The van der Waals surface area contributed by atoms with Crippen LogP contribution in [0.15, 0.2) is 84.9 Å². The van der Waals surface area contributed by atoms with Crippen LogP contribution in [0.2, 0.25) is 0 Å². The first-order valence-electron chi connectivity index (χ1n) is 22.8. The van der Waals surface area contributed by atoms with Gasteiger partial charge in [-0.25, -0.2) is 0 Å². The van der Waals surface area contributed by atoms with Crippen molar-refractivity contribution < 1.29 is 9.59 Å². The molecule has 0 atom stereocenters. The summed E-state index contributed by atoms with van der Waals surface area (Å²) >= 11 is 0. The fourth-order valence-electron chi connectivity index (χ4n) is 14.5.